The summed E-state index contributed by atoms with van der Waals surface area (Å²) in [6.45, 7) is 7.40. The first-order valence-electron chi connectivity index (χ1n) is 22.4. The highest BCUT2D eigenvalue weighted by molar-refractivity contribution is 5.99. The van der Waals surface area contributed by atoms with Crippen LogP contribution in [0.1, 0.15) is 62.8 Å². The van der Waals surface area contributed by atoms with E-state index in [1.54, 1.807) is 13.1 Å². The van der Waals surface area contributed by atoms with Crippen LogP contribution in [0.2, 0.25) is 0 Å². The van der Waals surface area contributed by atoms with Gasteiger partial charge < -0.3 is 41.2 Å². The fraction of sp³-hybridized carbons (Fsp3) is 0.373. The molecule has 1 aromatic heterocycles. The molecule has 6 N–H and O–H groups in total. The van der Waals surface area contributed by atoms with Crippen molar-refractivity contribution in [2.24, 2.45) is 0 Å². The molecule has 2 aliphatic rings. The minimum absolute atomic E-state index is 0.0302. The van der Waals surface area contributed by atoms with Crippen LogP contribution < -0.4 is 26.6 Å². The number of hydrogen-bond donors (Lipinski definition) is 6. The number of aromatic nitrogens is 1. The summed E-state index contributed by atoms with van der Waals surface area (Å²) in [5, 5.41) is 15.5. The minimum Gasteiger partial charge on any atom is -0.370 e. The Morgan fingerprint density at radius 1 is 0.569 bits per heavy atom. The summed E-state index contributed by atoms with van der Waals surface area (Å²) in [5.74, 6) is -3.64. The number of nitrogens with zero attached hydrogens (tertiary/aromatic N) is 1. The molecule has 0 spiro atoms. The molecule has 0 bridgehead atoms. The smallest absolute Gasteiger partial charge is 0.246 e. The molecule has 2 saturated heterocycles. The lowest BCUT2D eigenvalue weighted by Gasteiger charge is -2.34. The van der Waals surface area contributed by atoms with Crippen LogP contribution in [0, 0.1) is 0 Å². The molecule has 0 unspecified atom stereocenters. The number of carbonyl (C=O) groups excluding carboxylic acids is 6. The van der Waals surface area contributed by atoms with Crippen LogP contribution in [0.25, 0.3) is 10.9 Å². The lowest BCUT2D eigenvalue weighted by molar-refractivity contribution is -0.144. The number of hydrogen-bond acceptors (Lipinski definition) is 7. The maximum Gasteiger partial charge on any atom is 0.246 e. The molecule has 6 amide bonds. The number of para-hydroxylation sites is 1. The van der Waals surface area contributed by atoms with Gasteiger partial charge in [0.2, 0.25) is 35.4 Å². The molecule has 340 valence electrons. The molecule has 65 heavy (non-hydrogen) atoms. The number of H-pyrrole nitrogens is 1. The molecular formula is C51H59N7O7. The van der Waals surface area contributed by atoms with Gasteiger partial charge in [0.25, 0.3) is 0 Å². The summed E-state index contributed by atoms with van der Waals surface area (Å²) in [6, 6.07) is 28.1. The van der Waals surface area contributed by atoms with Gasteiger partial charge in [-0.3, -0.25) is 28.8 Å². The lowest BCUT2D eigenvalue weighted by Crippen LogP contribution is -2.63. The quantitative estimate of drug-likeness (QED) is 0.122. The number of benzene rings is 4. The highest BCUT2D eigenvalue weighted by atomic mass is 16.5. The van der Waals surface area contributed by atoms with Crippen molar-refractivity contribution in [1.29, 1.82) is 0 Å². The summed E-state index contributed by atoms with van der Waals surface area (Å²) in [6.07, 6.45) is 1.95. The van der Waals surface area contributed by atoms with Gasteiger partial charge in [0.1, 0.15) is 36.3 Å². The average Bonchev–Trinajstić information content (AvgIpc) is 3.95. The fourth-order valence-corrected chi connectivity index (χ4v) is 8.75. The Bertz CT molecular complexity index is 2450. The zero-order valence-electron chi connectivity index (χ0n) is 37.3. The van der Waals surface area contributed by atoms with Crippen LogP contribution in [-0.4, -0.2) is 99.8 Å². The van der Waals surface area contributed by atoms with Gasteiger partial charge >= 0.3 is 0 Å². The van der Waals surface area contributed by atoms with Gasteiger partial charge in [0.05, 0.1) is 11.7 Å². The van der Waals surface area contributed by atoms with Crippen LogP contribution in [-0.2, 0) is 59.2 Å². The van der Waals surface area contributed by atoms with E-state index in [9.17, 15) is 28.8 Å². The van der Waals surface area contributed by atoms with Crippen molar-refractivity contribution in [3.05, 3.63) is 144 Å². The Morgan fingerprint density at radius 2 is 1.03 bits per heavy atom. The number of fused-ring (bicyclic) bond motifs is 2. The van der Waals surface area contributed by atoms with Gasteiger partial charge in [-0.15, -0.1) is 0 Å². The second-order valence-electron chi connectivity index (χ2n) is 18.0. The Hall–Kier alpha value is -6.80. The third-order valence-electron chi connectivity index (χ3n) is 11.9. The van der Waals surface area contributed by atoms with Crippen molar-refractivity contribution in [3.63, 3.8) is 0 Å². The van der Waals surface area contributed by atoms with Crippen LogP contribution in [0.15, 0.2) is 121 Å². The third-order valence-corrected chi connectivity index (χ3v) is 11.9. The molecule has 0 saturated carbocycles. The Balaban J connectivity index is 1.31. The number of amides is 6. The van der Waals surface area contributed by atoms with Gasteiger partial charge in [-0.2, -0.15) is 0 Å². The van der Waals surface area contributed by atoms with Crippen molar-refractivity contribution in [1.82, 2.24) is 36.5 Å². The monoisotopic (exact) mass is 881 g/mol. The van der Waals surface area contributed by atoms with E-state index < -0.39 is 83.4 Å². The summed E-state index contributed by atoms with van der Waals surface area (Å²) >= 11 is 0. The van der Waals surface area contributed by atoms with E-state index in [1.165, 1.54) is 4.90 Å². The number of rotatable bonds is 10. The molecule has 5 aromatic rings. The van der Waals surface area contributed by atoms with E-state index in [-0.39, 0.29) is 32.2 Å². The Morgan fingerprint density at radius 3 is 1.58 bits per heavy atom. The largest absolute Gasteiger partial charge is 0.370 e. The maximum atomic E-state index is 14.8. The molecule has 0 radical (unpaired) electrons. The summed E-state index contributed by atoms with van der Waals surface area (Å²) in [4.78, 5) is 92.9. The zero-order chi connectivity index (χ0) is 46.1. The van der Waals surface area contributed by atoms with Gasteiger partial charge in [-0.1, -0.05) is 109 Å². The molecule has 14 nitrogen and oxygen atoms in total. The maximum absolute atomic E-state index is 14.8. The van der Waals surface area contributed by atoms with Crippen LogP contribution >= 0.6 is 0 Å². The molecule has 2 fully saturated rings. The molecule has 7 rings (SSSR count). The van der Waals surface area contributed by atoms with Gasteiger partial charge in [0, 0.05) is 49.3 Å². The second kappa shape index (κ2) is 20.8. The van der Waals surface area contributed by atoms with E-state index in [0.717, 1.165) is 33.2 Å². The van der Waals surface area contributed by atoms with Crippen molar-refractivity contribution >= 4 is 46.3 Å². The molecule has 2 aliphatic heterocycles. The first-order chi connectivity index (χ1) is 31.2. The average molecular weight is 882 g/mol. The second-order valence-corrected chi connectivity index (χ2v) is 18.0. The van der Waals surface area contributed by atoms with Gasteiger partial charge in [-0.25, -0.2) is 0 Å². The first-order valence-corrected chi connectivity index (χ1v) is 22.4. The van der Waals surface area contributed by atoms with E-state index in [0.29, 0.717) is 12.8 Å². The van der Waals surface area contributed by atoms with Crippen molar-refractivity contribution < 1.29 is 33.5 Å². The van der Waals surface area contributed by atoms with Crippen molar-refractivity contribution in [3.8, 4) is 0 Å². The summed E-state index contributed by atoms with van der Waals surface area (Å²) in [5.41, 5.74) is 3.09. The van der Waals surface area contributed by atoms with Crippen molar-refractivity contribution in [2.45, 2.75) is 114 Å². The summed E-state index contributed by atoms with van der Waals surface area (Å²) in [7, 11) is 0. The Labute approximate surface area is 379 Å². The normalized spacial score (nSPS) is 23.3. The molecule has 3 heterocycles. The van der Waals surface area contributed by atoms with Crippen LogP contribution in [0.3, 0.4) is 0 Å². The number of nitrogens with one attached hydrogen (secondary N) is 6. The molecular weight excluding hydrogens is 823 g/mol. The van der Waals surface area contributed by atoms with E-state index >= 15 is 0 Å². The minimum atomic E-state index is -1.33. The third kappa shape index (κ3) is 12.1. The van der Waals surface area contributed by atoms with Gasteiger partial charge in [-0.05, 0) is 68.9 Å². The van der Waals surface area contributed by atoms with E-state index in [2.05, 4.69) is 31.6 Å². The van der Waals surface area contributed by atoms with E-state index in [1.807, 2.05) is 136 Å². The predicted molar refractivity (Wildman–Crippen MR) is 247 cm³/mol. The molecule has 4 aromatic carbocycles. The molecule has 7 atom stereocenters. The molecule has 14 heteroatoms. The van der Waals surface area contributed by atoms with Gasteiger partial charge in [0.15, 0.2) is 0 Å². The fourth-order valence-electron chi connectivity index (χ4n) is 8.75. The topological polar surface area (TPSA) is 191 Å². The first kappa shape index (κ1) is 46.2. The van der Waals surface area contributed by atoms with Crippen LogP contribution in [0.5, 0.6) is 0 Å². The predicted octanol–water partition coefficient (Wildman–Crippen LogP) is 4.07. The SMILES string of the molecule is C[C@@H](OC(C)(C)C)[C@@H]1NC(=O)[C@H](Cc2ccccc2)NC(=O)[C@@H](Cc2c[nH]c3ccccc23)NC(=O)[C@H](Cc2ccccc2)NC(=O)[C@@H]2CCCN2C(=O)[C@H](Cc2ccccc2)NC1=O. The number of ether oxygens (including phenoxy) is 1. The van der Waals surface area contributed by atoms with E-state index in [4.69, 9.17) is 4.74 Å². The molecule has 0 aliphatic carbocycles. The number of aromatic amines is 1. The van der Waals surface area contributed by atoms with Crippen molar-refractivity contribution in [2.75, 3.05) is 6.54 Å². The highest BCUT2D eigenvalue weighted by Gasteiger charge is 2.42. The lowest BCUT2D eigenvalue weighted by atomic mass is 9.99. The zero-order valence-corrected chi connectivity index (χ0v) is 37.3. The highest BCUT2D eigenvalue weighted by Crippen LogP contribution is 2.23. The van der Waals surface area contributed by atoms with Crippen LogP contribution in [0.4, 0.5) is 0 Å². The Kier molecular flexibility index (Phi) is 14.8. The number of carbonyl (C=O) groups is 6. The summed E-state index contributed by atoms with van der Waals surface area (Å²) < 4.78 is 6.28. The standard InChI is InChI=1S/C51H59N7O7/c1-32(65-51(2,3)4)44-49(63)56-42(29-35-21-12-7-13-22-35)50(64)58-26-16-25-43(58)48(62)55-39(27-33-17-8-5-9-18-33)45(59)54-41(30-36-31-52-38-24-15-14-23-37(36)38)46(60)53-40(47(61)57-44)28-34-19-10-6-11-20-34/h5-15,17-24,31-32,39-44,52H,16,25-30H2,1-4H3,(H,53,60)(H,54,59)(H,55,62)(H,56,63)(H,57,61)/t32-,39+,40+,41-,42+,43+,44+/m1/s1.